The molecule has 4 aromatic rings. The largest absolute Gasteiger partial charge is 0.416 e. The molecular formula is C15H9F3N6O. The Balaban J connectivity index is 1.78. The number of fused-ring (bicyclic) bond motifs is 3. The van der Waals surface area contributed by atoms with Crippen LogP contribution in [0.25, 0.3) is 21.9 Å². The van der Waals surface area contributed by atoms with E-state index < -0.39 is 17.3 Å². The zero-order valence-corrected chi connectivity index (χ0v) is 12.3. The molecule has 0 atom stereocenters. The molecule has 0 unspecified atom stereocenters. The summed E-state index contributed by atoms with van der Waals surface area (Å²) in [6.45, 7) is 0. The number of H-pyrrole nitrogens is 3. The highest BCUT2D eigenvalue weighted by Crippen LogP contribution is 2.32. The Morgan fingerprint density at radius 2 is 1.68 bits per heavy atom. The number of hydrogen-bond donors (Lipinski definition) is 3. The molecule has 126 valence electrons. The molecule has 3 N–H and O–H groups in total. The van der Waals surface area contributed by atoms with Crippen LogP contribution in [0.5, 0.6) is 0 Å². The Morgan fingerprint density at radius 1 is 0.960 bits per heavy atom. The zero-order valence-electron chi connectivity index (χ0n) is 12.3. The predicted octanol–water partition coefficient (Wildman–Crippen LogP) is 4.17. The first-order valence-electron chi connectivity index (χ1n) is 7.10. The number of azo groups is 1. The summed E-state index contributed by atoms with van der Waals surface area (Å²) >= 11 is 0. The molecule has 0 amide bonds. The van der Waals surface area contributed by atoms with Gasteiger partial charge in [-0.1, -0.05) is 0 Å². The van der Waals surface area contributed by atoms with E-state index in [1.807, 2.05) is 0 Å². The molecule has 2 aromatic carbocycles. The minimum absolute atomic E-state index is 0.0426. The molecule has 0 aliphatic rings. The van der Waals surface area contributed by atoms with Crippen LogP contribution in [-0.2, 0) is 6.18 Å². The van der Waals surface area contributed by atoms with Gasteiger partial charge in [0.1, 0.15) is 5.52 Å². The van der Waals surface area contributed by atoms with Gasteiger partial charge in [-0.15, -0.1) is 5.11 Å². The standard InChI is InChI=1S/C15H9F3N6O/c16-15(17,18)7-1-3-8(4-2-7)20-22-13-11-9(19-14(13)25)5-6-10-12(11)23-24-21-10/h1-6,21,24H,(H,19,25). The predicted molar refractivity (Wildman–Crippen MR) is 84.2 cm³/mol. The van der Waals surface area contributed by atoms with Gasteiger partial charge in [0.05, 0.1) is 27.7 Å². The van der Waals surface area contributed by atoms with Gasteiger partial charge in [0.15, 0.2) is 5.69 Å². The highest BCUT2D eigenvalue weighted by atomic mass is 19.4. The summed E-state index contributed by atoms with van der Waals surface area (Å²) in [4.78, 5) is 14.8. The highest BCUT2D eigenvalue weighted by molar-refractivity contribution is 6.08. The zero-order chi connectivity index (χ0) is 17.6. The molecule has 4 rings (SSSR count). The Kier molecular flexibility index (Phi) is 3.20. The monoisotopic (exact) mass is 346 g/mol. The third-order valence-electron chi connectivity index (χ3n) is 3.70. The number of aromatic nitrogens is 4. The van der Waals surface area contributed by atoms with Gasteiger partial charge in [-0.3, -0.25) is 9.89 Å². The van der Waals surface area contributed by atoms with Crippen molar-refractivity contribution in [3.8, 4) is 0 Å². The van der Waals surface area contributed by atoms with E-state index in [2.05, 4.69) is 30.6 Å². The summed E-state index contributed by atoms with van der Waals surface area (Å²) in [6, 6.07) is 7.62. The van der Waals surface area contributed by atoms with Crippen molar-refractivity contribution in [1.82, 2.24) is 20.4 Å². The van der Waals surface area contributed by atoms with Crippen molar-refractivity contribution >= 4 is 33.3 Å². The van der Waals surface area contributed by atoms with Gasteiger partial charge in [-0.05, 0) is 36.4 Å². The van der Waals surface area contributed by atoms with Crippen molar-refractivity contribution in [2.75, 3.05) is 0 Å². The maximum Gasteiger partial charge on any atom is 0.416 e. The average molecular weight is 346 g/mol. The number of nitrogens with zero attached hydrogens (tertiary/aromatic N) is 3. The van der Waals surface area contributed by atoms with Crippen LogP contribution in [0.4, 0.5) is 24.5 Å². The van der Waals surface area contributed by atoms with Crippen molar-refractivity contribution in [2.24, 2.45) is 10.2 Å². The van der Waals surface area contributed by atoms with E-state index in [1.165, 1.54) is 12.1 Å². The lowest BCUT2D eigenvalue weighted by Crippen LogP contribution is -2.03. The lowest BCUT2D eigenvalue weighted by Gasteiger charge is -2.05. The Labute approximate surface area is 136 Å². The molecule has 0 aliphatic heterocycles. The van der Waals surface area contributed by atoms with Crippen LogP contribution >= 0.6 is 0 Å². The summed E-state index contributed by atoms with van der Waals surface area (Å²) < 4.78 is 37.7. The molecule has 10 heteroatoms. The summed E-state index contributed by atoms with van der Waals surface area (Å²) in [5, 5.41) is 17.7. The lowest BCUT2D eigenvalue weighted by molar-refractivity contribution is -0.137. The topological polar surface area (TPSA) is 102 Å². The molecule has 0 saturated heterocycles. The van der Waals surface area contributed by atoms with Gasteiger partial charge in [-0.2, -0.15) is 23.4 Å². The number of rotatable bonds is 2. The van der Waals surface area contributed by atoms with Crippen molar-refractivity contribution in [1.29, 1.82) is 0 Å². The van der Waals surface area contributed by atoms with Crippen molar-refractivity contribution in [2.45, 2.75) is 6.18 Å². The summed E-state index contributed by atoms with van der Waals surface area (Å²) in [7, 11) is 0. The van der Waals surface area contributed by atoms with Crippen LogP contribution in [0, 0.1) is 0 Å². The van der Waals surface area contributed by atoms with Crippen molar-refractivity contribution in [3.63, 3.8) is 0 Å². The molecule has 0 aliphatic carbocycles. The number of aromatic amines is 3. The highest BCUT2D eigenvalue weighted by Gasteiger charge is 2.29. The van der Waals surface area contributed by atoms with E-state index in [4.69, 9.17) is 0 Å². The van der Waals surface area contributed by atoms with Gasteiger partial charge in [0, 0.05) is 0 Å². The first kappa shape index (κ1) is 15.1. The minimum Gasteiger partial charge on any atom is -0.320 e. The number of hydrogen-bond acceptors (Lipinski definition) is 4. The molecule has 0 saturated carbocycles. The third-order valence-corrected chi connectivity index (χ3v) is 3.70. The maximum atomic E-state index is 12.6. The van der Waals surface area contributed by atoms with E-state index >= 15 is 0 Å². The summed E-state index contributed by atoms with van der Waals surface area (Å²) in [6.07, 6.45) is -4.42. The number of benzene rings is 2. The van der Waals surface area contributed by atoms with Gasteiger partial charge in [-0.25, -0.2) is 5.21 Å². The molecule has 0 radical (unpaired) electrons. The van der Waals surface area contributed by atoms with Gasteiger partial charge < -0.3 is 4.98 Å². The quantitative estimate of drug-likeness (QED) is 0.474. The van der Waals surface area contributed by atoms with Crippen LogP contribution in [0.1, 0.15) is 5.56 Å². The SMILES string of the molecule is O=c1[nH]c2ccc3[nH][nH]nc3c2c1N=Nc1ccc(C(F)(F)F)cc1. The van der Waals surface area contributed by atoms with Crippen LogP contribution in [-0.4, -0.2) is 20.4 Å². The van der Waals surface area contributed by atoms with E-state index in [-0.39, 0.29) is 11.4 Å². The Hall–Kier alpha value is -3.43. The molecule has 7 nitrogen and oxygen atoms in total. The number of alkyl halides is 3. The molecule has 0 fully saturated rings. The molecule has 0 spiro atoms. The van der Waals surface area contributed by atoms with Gasteiger partial charge in [0.2, 0.25) is 0 Å². The number of nitrogens with one attached hydrogen (secondary N) is 3. The van der Waals surface area contributed by atoms with Crippen LogP contribution in [0.15, 0.2) is 51.4 Å². The smallest absolute Gasteiger partial charge is 0.320 e. The van der Waals surface area contributed by atoms with E-state index in [9.17, 15) is 18.0 Å². The maximum absolute atomic E-state index is 12.6. The van der Waals surface area contributed by atoms with Crippen LogP contribution in [0.3, 0.4) is 0 Å². The summed E-state index contributed by atoms with van der Waals surface area (Å²) in [5.74, 6) is 0. The normalized spacial score (nSPS) is 12.6. The number of halogens is 3. The van der Waals surface area contributed by atoms with Crippen LogP contribution < -0.4 is 5.56 Å². The van der Waals surface area contributed by atoms with E-state index in [0.29, 0.717) is 21.9 Å². The molecule has 0 bridgehead atoms. The second-order valence-corrected chi connectivity index (χ2v) is 5.28. The molecular weight excluding hydrogens is 337 g/mol. The van der Waals surface area contributed by atoms with Gasteiger partial charge in [0.25, 0.3) is 5.56 Å². The Bertz CT molecular complexity index is 1150. The lowest BCUT2D eigenvalue weighted by atomic mass is 10.2. The first-order chi connectivity index (χ1) is 11.9. The molecule has 2 heterocycles. The Morgan fingerprint density at radius 3 is 2.40 bits per heavy atom. The van der Waals surface area contributed by atoms with Crippen molar-refractivity contribution in [3.05, 3.63) is 52.3 Å². The third kappa shape index (κ3) is 2.57. The molecule has 25 heavy (non-hydrogen) atoms. The van der Waals surface area contributed by atoms with Crippen LogP contribution in [0.2, 0.25) is 0 Å². The fraction of sp³-hybridized carbons (Fsp3) is 0.0667. The minimum atomic E-state index is -4.42. The second-order valence-electron chi connectivity index (χ2n) is 5.28. The fourth-order valence-electron chi connectivity index (χ4n) is 2.51. The van der Waals surface area contributed by atoms with E-state index in [1.54, 1.807) is 12.1 Å². The molecule has 2 aromatic heterocycles. The average Bonchev–Trinajstić information content (AvgIpc) is 3.15. The summed E-state index contributed by atoms with van der Waals surface area (Å²) in [5.41, 5.74) is 0.732. The van der Waals surface area contributed by atoms with Crippen molar-refractivity contribution < 1.29 is 13.2 Å². The first-order valence-corrected chi connectivity index (χ1v) is 7.10. The second kappa shape index (κ2) is 5.30. The van der Waals surface area contributed by atoms with Gasteiger partial charge >= 0.3 is 6.18 Å². The fourth-order valence-corrected chi connectivity index (χ4v) is 2.51. The van der Waals surface area contributed by atoms with E-state index in [0.717, 1.165) is 12.1 Å².